The molecule has 1 aliphatic rings. The first kappa shape index (κ1) is 11.9. The van der Waals surface area contributed by atoms with E-state index < -0.39 is 5.92 Å². The van der Waals surface area contributed by atoms with E-state index in [1.54, 1.807) is 11.0 Å². The van der Waals surface area contributed by atoms with Crippen molar-refractivity contribution < 1.29 is 13.5 Å². The molecule has 0 saturated carbocycles. The Morgan fingerprint density at radius 1 is 1.53 bits per heavy atom. The van der Waals surface area contributed by atoms with Crippen LogP contribution in [0.3, 0.4) is 0 Å². The van der Waals surface area contributed by atoms with E-state index in [0.717, 1.165) is 0 Å². The van der Waals surface area contributed by atoms with E-state index in [9.17, 15) is 8.78 Å². The molecule has 17 heavy (non-hydrogen) atoms. The maximum Gasteiger partial charge on any atom is 0.265 e. The number of rotatable bonds is 2. The van der Waals surface area contributed by atoms with Crippen molar-refractivity contribution in [2.24, 2.45) is 0 Å². The van der Waals surface area contributed by atoms with Crippen LogP contribution in [0.25, 0.3) is 0 Å². The summed E-state index contributed by atoms with van der Waals surface area (Å²) in [5, 5.41) is 0. The predicted octanol–water partition coefficient (Wildman–Crippen LogP) is 1.91. The Bertz CT molecular complexity index is 412. The van der Waals surface area contributed by atoms with Crippen molar-refractivity contribution in [2.75, 3.05) is 30.8 Å². The molecule has 0 bridgehead atoms. The standard InChI is InChI=1S/C11H15F2N3O/c1-17-9-5-8(14)6-15-10(9)16-4-2-3-11(12,13)7-16/h5-6H,2-4,7,14H2,1H3. The summed E-state index contributed by atoms with van der Waals surface area (Å²) in [5.74, 6) is -1.80. The number of anilines is 2. The molecule has 1 aromatic rings. The van der Waals surface area contributed by atoms with Crippen LogP contribution in [0.2, 0.25) is 0 Å². The number of ether oxygens (including phenoxy) is 1. The van der Waals surface area contributed by atoms with Crippen molar-refractivity contribution in [1.29, 1.82) is 0 Å². The fourth-order valence-electron chi connectivity index (χ4n) is 1.99. The van der Waals surface area contributed by atoms with Crippen LogP contribution in [0.1, 0.15) is 12.8 Å². The number of aromatic nitrogens is 1. The Morgan fingerprint density at radius 3 is 2.94 bits per heavy atom. The number of nitrogen functional groups attached to an aromatic ring is 1. The third kappa shape index (κ3) is 2.57. The molecule has 2 N–H and O–H groups in total. The first-order valence-corrected chi connectivity index (χ1v) is 5.44. The molecule has 0 radical (unpaired) electrons. The number of hydrogen-bond acceptors (Lipinski definition) is 4. The second-order valence-electron chi connectivity index (χ2n) is 4.18. The molecule has 0 atom stereocenters. The number of pyridine rings is 1. The van der Waals surface area contributed by atoms with Crippen LogP contribution < -0.4 is 15.4 Å². The van der Waals surface area contributed by atoms with E-state index in [-0.39, 0.29) is 13.0 Å². The fourth-order valence-corrected chi connectivity index (χ4v) is 1.99. The lowest BCUT2D eigenvalue weighted by Crippen LogP contribution is -2.43. The lowest BCUT2D eigenvalue weighted by molar-refractivity contribution is -0.0119. The second-order valence-corrected chi connectivity index (χ2v) is 4.18. The largest absolute Gasteiger partial charge is 0.493 e. The fraction of sp³-hybridized carbons (Fsp3) is 0.545. The molecule has 0 aromatic carbocycles. The summed E-state index contributed by atoms with van der Waals surface area (Å²) in [6.07, 6.45) is 1.83. The topological polar surface area (TPSA) is 51.4 Å². The maximum absolute atomic E-state index is 13.3. The molecule has 1 saturated heterocycles. The average molecular weight is 243 g/mol. The van der Waals surface area contributed by atoms with Crippen molar-refractivity contribution in [2.45, 2.75) is 18.8 Å². The van der Waals surface area contributed by atoms with Crippen molar-refractivity contribution in [3.05, 3.63) is 12.3 Å². The SMILES string of the molecule is COc1cc(N)cnc1N1CCCC(F)(F)C1. The van der Waals surface area contributed by atoms with E-state index in [1.165, 1.54) is 13.3 Å². The van der Waals surface area contributed by atoms with Gasteiger partial charge in [-0.1, -0.05) is 0 Å². The minimum absolute atomic E-state index is 0.0687. The van der Waals surface area contributed by atoms with Gasteiger partial charge < -0.3 is 15.4 Å². The molecule has 2 rings (SSSR count). The van der Waals surface area contributed by atoms with E-state index in [1.807, 2.05) is 0 Å². The van der Waals surface area contributed by atoms with Gasteiger partial charge in [0.1, 0.15) is 0 Å². The van der Waals surface area contributed by atoms with Crippen molar-refractivity contribution in [1.82, 2.24) is 4.98 Å². The van der Waals surface area contributed by atoms with Crippen LogP contribution in [0.15, 0.2) is 12.3 Å². The van der Waals surface area contributed by atoms with Gasteiger partial charge in [0.15, 0.2) is 11.6 Å². The summed E-state index contributed by atoms with van der Waals surface area (Å²) in [5.41, 5.74) is 6.03. The Labute approximate surface area is 98.4 Å². The zero-order chi connectivity index (χ0) is 12.5. The van der Waals surface area contributed by atoms with Crippen molar-refractivity contribution >= 4 is 11.5 Å². The van der Waals surface area contributed by atoms with Crippen LogP contribution in [-0.2, 0) is 0 Å². The molecule has 0 unspecified atom stereocenters. The highest BCUT2D eigenvalue weighted by atomic mass is 19.3. The summed E-state index contributed by atoms with van der Waals surface area (Å²) in [7, 11) is 1.47. The maximum atomic E-state index is 13.3. The van der Waals surface area contributed by atoms with Gasteiger partial charge in [-0.3, -0.25) is 0 Å². The minimum Gasteiger partial charge on any atom is -0.493 e. The zero-order valence-electron chi connectivity index (χ0n) is 9.62. The molecule has 6 heteroatoms. The molecule has 1 fully saturated rings. The first-order chi connectivity index (χ1) is 8.02. The smallest absolute Gasteiger partial charge is 0.265 e. The average Bonchev–Trinajstić information content (AvgIpc) is 2.27. The van der Waals surface area contributed by atoms with Gasteiger partial charge in [-0.15, -0.1) is 0 Å². The lowest BCUT2D eigenvalue weighted by Gasteiger charge is -2.33. The van der Waals surface area contributed by atoms with Gasteiger partial charge in [0, 0.05) is 19.0 Å². The number of halogens is 2. The van der Waals surface area contributed by atoms with Gasteiger partial charge in [-0.2, -0.15) is 0 Å². The van der Waals surface area contributed by atoms with Crippen LogP contribution in [0, 0.1) is 0 Å². The Hall–Kier alpha value is -1.59. The van der Waals surface area contributed by atoms with Gasteiger partial charge in [-0.05, 0) is 6.42 Å². The third-order valence-corrected chi connectivity index (χ3v) is 2.77. The van der Waals surface area contributed by atoms with Gasteiger partial charge in [0.05, 0.1) is 25.5 Å². The number of alkyl halides is 2. The summed E-state index contributed by atoms with van der Waals surface area (Å²) < 4.78 is 31.8. The van der Waals surface area contributed by atoms with E-state index in [2.05, 4.69) is 4.98 Å². The van der Waals surface area contributed by atoms with E-state index in [4.69, 9.17) is 10.5 Å². The number of hydrogen-bond donors (Lipinski definition) is 1. The summed E-state index contributed by atoms with van der Waals surface area (Å²) in [6.45, 7) is 0.239. The molecule has 1 aromatic heterocycles. The zero-order valence-corrected chi connectivity index (χ0v) is 9.62. The quantitative estimate of drug-likeness (QED) is 0.862. The summed E-state index contributed by atoms with van der Waals surface area (Å²) >= 11 is 0. The molecule has 0 amide bonds. The first-order valence-electron chi connectivity index (χ1n) is 5.44. The number of methoxy groups -OCH3 is 1. The molecule has 2 heterocycles. The molecule has 94 valence electrons. The number of nitrogens with zero attached hydrogens (tertiary/aromatic N) is 2. The Kier molecular flexibility index (Phi) is 3.04. The van der Waals surface area contributed by atoms with Crippen LogP contribution in [0.5, 0.6) is 5.75 Å². The van der Waals surface area contributed by atoms with Gasteiger partial charge >= 0.3 is 0 Å². The van der Waals surface area contributed by atoms with Gasteiger partial charge in [-0.25, -0.2) is 13.8 Å². The highest BCUT2D eigenvalue weighted by molar-refractivity contribution is 5.58. The third-order valence-electron chi connectivity index (χ3n) is 2.77. The second kappa shape index (κ2) is 4.35. The van der Waals surface area contributed by atoms with Crippen LogP contribution in [-0.4, -0.2) is 31.1 Å². The Morgan fingerprint density at radius 2 is 2.29 bits per heavy atom. The number of nitrogens with two attached hydrogens (primary N) is 1. The molecular weight excluding hydrogens is 228 g/mol. The lowest BCUT2D eigenvalue weighted by atomic mass is 10.1. The van der Waals surface area contributed by atoms with Crippen LogP contribution in [0.4, 0.5) is 20.3 Å². The molecule has 4 nitrogen and oxygen atoms in total. The van der Waals surface area contributed by atoms with Crippen LogP contribution >= 0.6 is 0 Å². The van der Waals surface area contributed by atoms with Crippen molar-refractivity contribution in [3.63, 3.8) is 0 Å². The molecule has 1 aliphatic heterocycles. The monoisotopic (exact) mass is 243 g/mol. The Balaban J connectivity index is 2.27. The normalized spacial score (nSPS) is 19.1. The van der Waals surface area contributed by atoms with Gasteiger partial charge in [0.2, 0.25) is 0 Å². The predicted molar refractivity (Wildman–Crippen MR) is 61.6 cm³/mol. The summed E-state index contributed by atoms with van der Waals surface area (Å²) in [6, 6.07) is 1.59. The molecule has 0 aliphatic carbocycles. The van der Waals surface area contributed by atoms with Crippen molar-refractivity contribution in [3.8, 4) is 5.75 Å². The number of piperidine rings is 1. The highest BCUT2D eigenvalue weighted by Gasteiger charge is 2.36. The van der Waals surface area contributed by atoms with E-state index in [0.29, 0.717) is 30.2 Å². The summed E-state index contributed by atoms with van der Waals surface area (Å²) in [4.78, 5) is 5.62. The highest BCUT2D eigenvalue weighted by Crippen LogP contribution is 2.34. The van der Waals surface area contributed by atoms with E-state index >= 15 is 0 Å². The van der Waals surface area contributed by atoms with Gasteiger partial charge in [0.25, 0.3) is 5.92 Å². The molecule has 0 spiro atoms. The minimum atomic E-state index is -2.66. The molecular formula is C11H15F2N3O.